The van der Waals surface area contributed by atoms with E-state index in [0.717, 1.165) is 19.4 Å². The van der Waals surface area contributed by atoms with E-state index >= 15 is 0 Å². The van der Waals surface area contributed by atoms with Crippen LogP contribution in [0.4, 0.5) is 0 Å². The Hall–Kier alpha value is -0.550. The Bertz CT molecular complexity index is 140. The van der Waals surface area contributed by atoms with Crippen LogP contribution >= 0.6 is 0 Å². The minimum atomic E-state index is 0.159. The van der Waals surface area contributed by atoms with Gasteiger partial charge in [-0.25, -0.2) is 0 Å². The van der Waals surface area contributed by atoms with E-state index in [1.165, 1.54) is 19.3 Å². The van der Waals surface area contributed by atoms with Crippen molar-refractivity contribution in [3.63, 3.8) is 0 Å². The van der Waals surface area contributed by atoms with Gasteiger partial charge in [-0.1, -0.05) is 33.1 Å². The minimum Gasteiger partial charge on any atom is -0.377 e. The van der Waals surface area contributed by atoms with Crippen LogP contribution in [0.25, 0.3) is 0 Å². The molecule has 0 aliphatic heterocycles. The summed E-state index contributed by atoms with van der Waals surface area (Å²) >= 11 is 0. The quantitative estimate of drug-likeness (QED) is 0.541. The van der Waals surface area contributed by atoms with Gasteiger partial charge in [0, 0.05) is 6.61 Å². The fraction of sp³-hybridized carbons (Fsp3) is 0.909. The summed E-state index contributed by atoms with van der Waals surface area (Å²) in [7, 11) is 0. The molecule has 0 spiro atoms. The maximum Gasteiger partial charge on any atom is 0.0702 e. The summed E-state index contributed by atoms with van der Waals surface area (Å²) in [6, 6.07) is 2.15. The van der Waals surface area contributed by atoms with Crippen LogP contribution in [0, 0.1) is 11.3 Å². The minimum absolute atomic E-state index is 0.159. The van der Waals surface area contributed by atoms with E-state index in [9.17, 15) is 0 Å². The Labute approximate surface area is 81.9 Å². The lowest BCUT2D eigenvalue weighted by Crippen LogP contribution is -2.11. The van der Waals surface area contributed by atoms with Crippen molar-refractivity contribution in [2.24, 2.45) is 0 Å². The van der Waals surface area contributed by atoms with Crippen molar-refractivity contribution in [3.8, 4) is 6.07 Å². The molecule has 0 aromatic carbocycles. The summed E-state index contributed by atoms with van der Waals surface area (Å²) in [4.78, 5) is 0. The number of nitriles is 1. The lowest BCUT2D eigenvalue weighted by Gasteiger charge is -2.11. The molecule has 0 aromatic rings. The molecule has 0 N–H and O–H groups in total. The van der Waals surface area contributed by atoms with Crippen molar-refractivity contribution in [2.45, 2.75) is 58.5 Å². The lowest BCUT2D eigenvalue weighted by atomic mass is 10.2. The average Bonchev–Trinajstić information content (AvgIpc) is 2.16. The Morgan fingerprint density at radius 2 is 2.00 bits per heavy atom. The third kappa shape index (κ3) is 7.80. The summed E-state index contributed by atoms with van der Waals surface area (Å²) in [5.74, 6) is 0. The maximum absolute atomic E-state index is 8.48. The molecule has 0 rings (SSSR count). The third-order valence-electron chi connectivity index (χ3n) is 2.13. The highest BCUT2D eigenvalue weighted by molar-refractivity contribution is 4.75. The zero-order valence-electron chi connectivity index (χ0n) is 8.88. The fourth-order valence-corrected chi connectivity index (χ4v) is 1.20. The predicted octanol–water partition coefficient (Wildman–Crippen LogP) is 3.28. The van der Waals surface area contributed by atoms with E-state index in [2.05, 4.69) is 19.9 Å². The van der Waals surface area contributed by atoms with Gasteiger partial charge in [-0.15, -0.1) is 0 Å². The van der Waals surface area contributed by atoms with Crippen molar-refractivity contribution in [3.05, 3.63) is 0 Å². The molecule has 2 nitrogen and oxygen atoms in total. The van der Waals surface area contributed by atoms with Gasteiger partial charge in [0.15, 0.2) is 0 Å². The molecule has 0 fully saturated rings. The van der Waals surface area contributed by atoms with Crippen LogP contribution in [0.15, 0.2) is 0 Å². The fourth-order valence-electron chi connectivity index (χ4n) is 1.20. The summed E-state index contributed by atoms with van der Waals surface area (Å²) in [6.45, 7) is 5.08. The second-order valence-electron chi connectivity index (χ2n) is 3.32. The molecule has 0 radical (unpaired) electrons. The second kappa shape index (κ2) is 9.54. The van der Waals surface area contributed by atoms with Gasteiger partial charge in [0.2, 0.25) is 0 Å². The monoisotopic (exact) mass is 183 g/mol. The van der Waals surface area contributed by atoms with Crippen LogP contribution < -0.4 is 0 Å². The second-order valence-corrected chi connectivity index (χ2v) is 3.32. The molecule has 1 unspecified atom stereocenters. The first-order valence-electron chi connectivity index (χ1n) is 5.33. The maximum atomic E-state index is 8.48. The van der Waals surface area contributed by atoms with E-state index in [0.29, 0.717) is 6.42 Å². The summed E-state index contributed by atoms with van der Waals surface area (Å²) < 4.78 is 5.56. The van der Waals surface area contributed by atoms with Crippen LogP contribution in [0.3, 0.4) is 0 Å². The third-order valence-corrected chi connectivity index (χ3v) is 2.13. The molecular weight excluding hydrogens is 162 g/mol. The first-order valence-corrected chi connectivity index (χ1v) is 5.33. The molecule has 2 heteroatoms. The standard InChI is InChI=1S/C11H21NO/c1-3-5-6-7-10-13-11(4-2)8-9-12/h11H,3-8,10H2,1-2H3. The highest BCUT2D eigenvalue weighted by Gasteiger charge is 2.04. The van der Waals surface area contributed by atoms with Gasteiger partial charge in [0.25, 0.3) is 0 Å². The van der Waals surface area contributed by atoms with Crippen molar-refractivity contribution < 1.29 is 4.74 Å². The number of hydrogen-bond donors (Lipinski definition) is 0. The molecule has 0 aromatic heterocycles. The highest BCUT2D eigenvalue weighted by Crippen LogP contribution is 2.05. The zero-order valence-corrected chi connectivity index (χ0v) is 8.88. The Morgan fingerprint density at radius 1 is 1.23 bits per heavy atom. The van der Waals surface area contributed by atoms with Crippen molar-refractivity contribution >= 4 is 0 Å². The van der Waals surface area contributed by atoms with Gasteiger partial charge in [0.1, 0.15) is 0 Å². The summed E-state index contributed by atoms with van der Waals surface area (Å²) in [5.41, 5.74) is 0. The Balaban J connectivity index is 3.23. The molecule has 13 heavy (non-hydrogen) atoms. The van der Waals surface area contributed by atoms with Gasteiger partial charge < -0.3 is 4.74 Å². The molecule has 0 bridgehead atoms. The first kappa shape index (κ1) is 12.4. The molecule has 0 saturated heterocycles. The highest BCUT2D eigenvalue weighted by atomic mass is 16.5. The smallest absolute Gasteiger partial charge is 0.0702 e. The van der Waals surface area contributed by atoms with Crippen molar-refractivity contribution in [1.82, 2.24) is 0 Å². The molecule has 0 saturated carbocycles. The van der Waals surface area contributed by atoms with Crippen LogP contribution in [-0.4, -0.2) is 12.7 Å². The van der Waals surface area contributed by atoms with Gasteiger partial charge in [-0.3, -0.25) is 0 Å². The average molecular weight is 183 g/mol. The summed E-state index contributed by atoms with van der Waals surface area (Å²) in [5, 5.41) is 8.48. The van der Waals surface area contributed by atoms with E-state index in [4.69, 9.17) is 10.00 Å². The van der Waals surface area contributed by atoms with Crippen molar-refractivity contribution in [1.29, 1.82) is 5.26 Å². The molecule has 0 aliphatic rings. The molecule has 0 aliphatic carbocycles. The SMILES string of the molecule is CCCCCCOC(CC)CC#N. The van der Waals surface area contributed by atoms with Gasteiger partial charge in [-0.2, -0.15) is 5.26 Å². The molecule has 1 atom stereocenters. The largest absolute Gasteiger partial charge is 0.377 e. The lowest BCUT2D eigenvalue weighted by molar-refractivity contribution is 0.0513. The van der Waals surface area contributed by atoms with Crippen LogP contribution in [-0.2, 0) is 4.74 Å². The number of hydrogen-bond acceptors (Lipinski definition) is 2. The normalized spacial score (nSPS) is 12.4. The van der Waals surface area contributed by atoms with Gasteiger partial charge in [0.05, 0.1) is 18.6 Å². The van der Waals surface area contributed by atoms with Crippen LogP contribution in [0.5, 0.6) is 0 Å². The van der Waals surface area contributed by atoms with E-state index in [-0.39, 0.29) is 6.10 Å². The van der Waals surface area contributed by atoms with Gasteiger partial charge >= 0.3 is 0 Å². The predicted molar refractivity (Wildman–Crippen MR) is 54.4 cm³/mol. The van der Waals surface area contributed by atoms with Crippen LogP contribution in [0.2, 0.25) is 0 Å². The molecular formula is C11H21NO. The number of ether oxygens (including phenoxy) is 1. The Morgan fingerprint density at radius 3 is 2.54 bits per heavy atom. The number of rotatable bonds is 8. The molecule has 0 amide bonds. The van der Waals surface area contributed by atoms with E-state index in [1.54, 1.807) is 0 Å². The van der Waals surface area contributed by atoms with Crippen LogP contribution in [0.1, 0.15) is 52.4 Å². The topological polar surface area (TPSA) is 33.0 Å². The summed E-state index contributed by atoms with van der Waals surface area (Å²) in [6.07, 6.45) is 6.57. The van der Waals surface area contributed by atoms with Gasteiger partial charge in [-0.05, 0) is 12.8 Å². The Kier molecular flexibility index (Phi) is 9.13. The van der Waals surface area contributed by atoms with Crippen molar-refractivity contribution in [2.75, 3.05) is 6.61 Å². The van der Waals surface area contributed by atoms with E-state index < -0.39 is 0 Å². The number of unbranched alkanes of at least 4 members (excludes halogenated alkanes) is 3. The first-order chi connectivity index (χ1) is 6.35. The molecule has 0 heterocycles. The van der Waals surface area contributed by atoms with E-state index in [1.807, 2.05) is 0 Å². The number of nitrogens with zero attached hydrogens (tertiary/aromatic N) is 1. The zero-order chi connectivity index (χ0) is 9.94. The molecule has 76 valence electrons.